The lowest BCUT2D eigenvalue weighted by Gasteiger charge is -2.00. The predicted octanol–water partition coefficient (Wildman–Crippen LogP) is 2.21. The Morgan fingerprint density at radius 3 is 2.92 bits per heavy atom. The molecule has 1 unspecified atom stereocenters. The first-order valence-corrected chi connectivity index (χ1v) is 5.25. The Morgan fingerprint density at radius 1 is 1.58 bits per heavy atom. The SMILES string of the molecule is CC(C)c1nc2c(s1)CCC2N. The Bertz CT molecular complexity index is 291. The fourth-order valence-electron chi connectivity index (χ4n) is 1.52. The van der Waals surface area contributed by atoms with Crippen molar-refractivity contribution >= 4 is 11.3 Å². The smallest absolute Gasteiger partial charge is 0.0957 e. The number of rotatable bonds is 1. The van der Waals surface area contributed by atoms with Gasteiger partial charge in [-0.2, -0.15) is 0 Å². The summed E-state index contributed by atoms with van der Waals surface area (Å²) in [6.07, 6.45) is 2.23. The molecule has 1 aromatic heterocycles. The summed E-state index contributed by atoms with van der Waals surface area (Å²) in [6, 6.07) is 0.212. The van der Waals surface area contributed by atoms with Gasteiger partial charge in [-0.05, 0) is 12.8 Å². The lowest BCUT2D eigenvalue weighted by atomic mass is 10.2. The number of aromatic nitrogens is 1. The number of nitrogens with two attached hydrogens (primary N) is 1. The van der Waals surface area contributed by atoms with Gasteiger partial charge < -0.3 is 5.73 Å². The van der Waals surface area contributed by atoms with Gasteiger partial charge >= 0.3 is 0 Å². The third kappa shape index (κ3) is 1.17. The topological polar surface area (TPSA) is 38.9 Å². The van der Waals surface area contributed by atoms with Crippen LogP contribution in [0.15, 0.2) is 0 Å². The molecule has 1 atom stereocenters. The van der Waals surface area contributed by atoms with Gasteiger partial charge in [-0.15, -0.1) is 11.3 Å². The van der Waals surface area contributed by atoms with Crippen LogP contribution >= 0.6 is 11.3 Å². The highest BCUT2D eigenvalue weighted by Gasteiger charge is 2.24. The molecule has 3 heteroatoms. The predicted molar refractivity (Wildman–Crippen MR) is 51.5 cm³/mol. The molecule has 0 bridgehead atoms. The second-order valence-electron chi connectivity index (χ2n) is 3.66. The Balaban J connectivity index is 2.36. The quantitative estimate of drug-likeness (QED) is 0.723. The maximum Gasteiger partial charge on any atom is 0.0957 e. The van der Waals surface area contributed by atoms with Crippen LogP contribution in [0.2, 0.25) is 0 Å². The average molecular weight is 182 g/mol. The second-order valence-corrected chi connectivity index (χ2v) is 4.78. The summed E-state index contributed by atoms with van der Waals surface area (Å²) in [5.41, 5.74) is 7.07. The van der Waals surface area contributed by atoms with Crippen LogP contribution in [-0.4, -0.2) is 4.98 Å². The van der Waals surface area contributed by atoms with E-state index in [-0.39, 0.29) is 6.04 Å². The highest BCUT2D eigenvalue weighted by molar-refractivity contribution is 7.11. The van der Waals surface area contributed by atoms with E-state index in [2.05, 4.69) is 18.8 Å². The summed E-state index contributed by atoms with van der Waals surface area (Å²) < 4.78 is 0. The van der Waals surface area contributed by atoms with E-state index in [0.717, 1.165) is 12.8 Å². The molecule has 66 valence electrons. The van der Waals surface area contributed by atoms with Crippen molar-refractivity contribution in [2.45, 2.75) is 38.6 Å². The molecule has 0 amide bonds. The Kier molecular flexibility index (Phi) is 1.93. The maximum absolute atomic E-state index is 5.90. The number of hydrogen-bond donors (Lipinski definition) is 1. The minimum absolute atomic E-state index is 0.212. The largest absolute Gasteiger partial charge is 0.323 e. The van der Waals surface area contributed by atoms with Crippen molar-refractivity contribution in [1.82, 2.24) is 4.98 Å². The monoisotopic (exact) mass is 182 g/mol. The zero-order valence-electron chi connectivity index (χ0n) is 7.50. The molecule has 0 saturated heterocycles. The number of nitrogens with zero attached hydrogens (tertiary/aromatic N) is 1. The Hall–Kier alpha value is -0.410. The summed E-state index contributed by atoms with van der Waals surface area (Å²) in [4.78, 5) is 5.99. The summed E-state index contributed by atoms with van der Waals surface area (Å²) in [6.45, 7) is 4.36. The van der Waals surface area contributed by atoms with Gasteiger partial charge in [0.2, 0.25) is 0 Å². The fourth-order valence-corrected chi connectivity index (χ4v) is 2.68. The van der Waals surface area contributed by atoms with E-state index in [1.807, 2.05) is 11.3 Å². The summed E-state index contributed by atoms with van der Waals surface area (Å²) >= 11 is 1.84. The number of hydrogen-bond acceptors (Lipinski definition) is 3. The van der Waals surface area contributed by atoms with Crippen LogP contribution in [0.1, 0.15) is 47.8 Å². The van der Waals surface area contributed by atoms with Gasteiger partial charge in [-0.25, -0.2) is 4.98 Å². The van der Waals surface area contributed by atoms with Gasteiger partial charge in [-0.1, -0.05) is 13.8 Å². The first-order valence-electron chi connectivity index (χ1n) is 4.43. The van der Waals surface area contributed by atoms with E-state index >= 15 is 0 Å². The maximum atomic E-state index is 5.90. The first-order chi connectivity index (χ1) is 5.68. The van der Waals surface area contributed by atoms with Crippen LogP contribution in [0.3, 0.4) is 0 Å². The lowest BCUT2D eigenvalue weighted by molar-refractivity contribution is 0.690. The molecule has 0 aromatic carbocycles. The molecule has 0 spiro atoms. The summed E-state index contributed by atoms with van der Waals surface area (Å²) in [5, 5.41) is 1.25. The van der Waals surface area contributed by atoms with Gasteiger partial charge in [0.25, 0.3) is 0 Å². The van der Waals surface area contributed by atoms with Crippen molar-refractivity contribution in [3.8, 4) is 0 Å². The van der Waals surface area contributed by atoms with Crippen LogP contribution in [0.4, 0.5) is 0 Å². The lowest BCUT2D eigenvalue weighted by Crippen LogP contribution is -2.06. The molecule has 0 radical (unpaired) electrons. The molecule has 1 aliphatic rings. The summed E-state index contributed by atoms with van der Waals surface area (Å²) in [5.74, 6) is 0.549. The van der Waals surface area contributed by atoms with Crippen molar-refractivity contribution in [1.29, 1.82) is 0 Å². The minimum atomic E-state index is 0.212. The third-order valence-corrected chi connectivity index (χ3v) is 3.70. The zero-order valence-corrected chi connectivity index (χ0v) is 8.32. The van der Waals surface area contributed by atoms with Crippen molar-refractivity contribution in [2.24, 2.45) is 5.73 Å². The van der Waals surface area contributed by atoms with Crippen LogP contribution in [0.5, 0.6) is 0 Å². The van der Waals surface area contributed by atoms with Gasteiger partial charge in [0.05, 0.1) is 10.7 Å². The minimum Gasteiger partial charge on any atom is -0.323 e. The van der Waals surface area contributed by atoms with Crippen molar-refractivity contribution in [2.75, 3.05) is 0 Å². The molecular weight excluding hydrogens is 168 g/mol. The molecule has 0 saturated carbocycles. The fraction of sp³-hybridized carbons (Fsp3) is 0.667. The average Bonchev–Trinajstić information content (AvgIpc) is 2.53. The molecular formula is C9H14N2S. The van der Waals surface area contributed by atoms with E-state index in [9.17, 15) is 0 Å². The van der Waals surface area contributed by atoms with E-state index in [1.165, 1.54) is 15.6 Å². The molecule has 0 aliphatic heterocycles. The van der Waals surface area contributed by atoms with Crippen molar-refractivity contribution in [3.05, 3.63) is 15.6 Å². The standard InChI is InChI=1S/C9H14N2S/c1-5(2)9-11-8-6(10)3-4-7(8)12-9/h5-6H,3-4,10H2,1-2H3. The molecule has 1 aromatic rings. The van der Waals surface area contributed by atoms with E-state index in [4.69, 9.17) is 5.73 Å². The van der Waals surface area contributed by atoms with Gasteiger partial charge in [0.1, 0.15) is 0 Å². The van der Waals surface area contributed by atoms with Gasteiger partial charge in [-0.3, -0.25) is 0 Å². The molecule has 2 nitrogen and oxygen atoms in total. The highest BCUT2D eigenvalue weighted by atomic mass is 32.1. The third-order valence-electron chi connectivity index (χ3n) is 2.27. The zero-order chi connectivity index (χ0) is 8.72. The molecule has 1 aliphatic carbocycles. The Morgan fingerprint density at radius 2 is 2.33 bits per heavy atom. The highest BCUT2D eigenvalue weighted by Crippen LogP contribution is 2.35. The first kappa shape index (κ1) is 8.20. The van der Waals surface area contributed by atoms with Crippen LogP contribution in [0.25, 0.3) is 0 Å². The van der Waals surface area contributed by atoms with Crippen LogP contribution in [0, 0.1) is 0 Å². The number of thiazole rings is 1. The van der Waals surface area contributed by atoms with Crippen LogP contribution < -0.4 is 5.73 Å². The molecule has 2 N–H and O–H groups in total. The van der Waals surface area contributed by atoms with Gasteiger partial charge in [0, 0.05) is 16.8 Å². The molecule has 0 fully saturated rings. The van der Waals surface area contributed by atoms with Gasteiger partial charge in [0.15, 0.2) is 0 Å². The Labute approximate surface area is 76.8 Å². The molecule has 1 heterocycles. The number of aryl methyl sites for hydroxylation is 1. The van der Waals surface area contributed by atoms with Crippen LogP contribution in [-0.2, 0) is 6.42 Å². The van der Waals surface area contributed by atoms with E-state index < -0.39 is 0 Å². The summed E-state index contributed by atoms with van der Waals surface area (Å²) in [7, 11) is 0. The molecule has 2 rings (SSSR count). The van der Waals surface area contributed by atoms with E-state index in [1.54, 1.807) is 0 Å². The van der Waals surface area contributed by atoms with Crippen molar-refractivity contribution < 1.29 is 0 Å². The molecule has 12 heavy (non-hydrogen) atoms. The number of fused-ring (bicyclic) bond motifs is 1. The van der Waals surface area contributed by atoms with Crippen molar-refractivity contribution in [3.63, 3.8) is 0 Å². The second kappa shape index (κ2) is 2.82. The van der Waals surface area contributed by atoms with E-state index in [0.29, 0.717) is 5.92 Å². The normalized spacial score (nSPS) is 21.8.